The molecule has 4 aromatic rings. The molecule has 2 amide bonds. The summed E-state index contributed by atoms with van der Waals surface area (Å²) in [6.45, 7) is 3.77. The van der Waals surface area contributed by atoms with Crippen LogP contribution in [0.1, 0.15) is 0 Å². The number of primary amides is 1. The lowest BCUT2D eigenvalue weighted by Crippen LogP contribution is -2.47. The second kappa shape index (κ2) is 12.1. The normalized spacial score (nSPS) is 11.8. The molecule has 0 saturated heterocycles. The minimum Gasteiger partial charge on any atom is -0.423 e. The van der Waals surface area contributed by atoms with Gasteiger partial charge in [0, 0.05) is 36.8 Å². The Hall–Kier alpha value is -4.61. The highest BCUT2D eigenvalue weighted by Crippen LogP contribution is 2.38. The monoisotopic (exact) mass is 563 g/mol. The van der Waals surface area contributed by atoms with Crippen LogP contribution < -0.4 is 25.5 Å². The van der Waals surface area contributed by atoms with Gasteiger partial charge in [0.25, 0.3) is 0 Å². The molecule has 0 bridgehead atoms. The maximum Gasteiger partial charge on any atom is 0.322 e. The number of fused-ring (bicyclic) bond motifs is 1. The fourth-order valence-electron chi connectivity index (χ4n) is 4.23. The smallest absolute Gasteiger partial charge is 0.322 e. The molecule has 208 valence electrons. The number of anilines is 2. The molecule has 0 aliphatic carbocycles. The number of carbonyl (C=O) groups excluding carboxylic acids is 2. The van der Waals surface area contributed by atoms with Crippen LogP contribution in [-0.4, -0.2) is 72.3 Å². The maximum atomic E-state index is 12.2. The van der Waals surface area contributed by atoms with Gasteiger partial charge in [-0.1, -0.05) is 36.4 Å². The molecule has 0 saturated carbocycles. The third-order valence-electron chi connectivity index (χ3n) is 6.29. The molecule has 12 heteroatoms. The molecule has 0 fully saturated rings. The lowest BCUT2D eigenvalue weighted by Gasteiger charge is -2.29. The van der Waals surface area contributed by atoms with Gasteiger partial charge in [-0.25, -0.2) is 4.98 Å². The lowest BCUT2D eigenvalue weighted by atomic mass is 10.1. The highest BCUT2D eigenvalue weighted by molar-refractivity contribution is 6.32. The van der Waals surface area contributed by atoms with Crippen molar-refractivity contribution in [2.45, 2.75) is 6.04 Å². The number of carbonyl (C=O) groups is 2. The molecule has 1 unspecified atom stereocenters. The number of amides is 2. The summed E-state index contributed by atoms with van der Waals surface area (Å²) in [5, 5.41) is 3.95. The molecule has 2 aromatic carbocycles. The van der Waals surface area contributed by atoms with E-state index in [0.717, 1.165) is 22.5 Å². The molecular formula is C28H30ClN7O4. The molecule has 2 aromatic heterocycles. The summed E-state index contributed by atoms with van der Waals surface area (Å²) >= 11 is 6.62. The maximum absolute atomic E-state index is 12.2. The van der Waals surface area contributed by atoms with Crippen molar-refractivity contribution in [2.24, 2.45) is 5.73 Å². The third kappa shape index (κ3) is 6.00. The van der Waals surface area contributed by atoms with E-state index in [4.69, 9.17) is 26.9 Å². The van der Waals surface area contributed by atoms with Crippen molar-refractivity contribution in [3.63, 3.8) is 0 Å². The van der Waals surface area contributed by atoms with Gasteiger partial charge in [0.05, 0.1) is 33.8 Å². The van der Waals surface area contributed by atoms with E-state index in [9.17, 15) is 9.59 Å². The molecule has 2 heterocycles. The van der Waals surface area contributed by atoms with E-state index in [1.54, 1.807) is 67.2 Å². The number of benzene rings is 2. The third-order valence-corrected chi connectivity index (χ3v) is 6.58. The van der Waals surface area contributed by atoms with Crippen molar-refractivity contribution >= 4 is 45.7 Å². The zero-order chi connectivity index (χ0) is 29.0. The van der Waals surface area contributed by atoms with Crippen molar-refractivity contribution in [3.05, 3.63) is 72.5 Å². The fraction of sp³-hybridized carbons (Fsp3) is 0.214. The number of likely N-dealkylation sites (N-methyl/N-ethyl adjacent to an activating group) is 2. The minimum absolute atomic E-state index is 0.0529. The van der Waals surface area contributed by atoms with Gasteiger partial charge in [0.2, 0.25) is 11.8 Å². The van der Waals surface area contributed by atoms with E-state index in [0.29, 0.717) is 17.1 Å². The van der Waals surface area contributed by atoms with Gasteiger partial charge in [-0.05, 0) is 38.4 Å². The summed E-state index contributed by atoms with van der Waals surface area (Å²) in [4.78, 5) is 42.0. The molecule has 40 heavy (non-hydrogen) atoms. The van der Waals surface area contributed by atoms with Gasteiger partial charge in [-0.3, -0.25) is 14.5 Å². The molecule has 0 radical (unpaired) electrons. The van der Waals surface area contributed by atoms with Crippen LogP contribution in [0.4, 0.5) is 11.4 Å². The number of nitrogens with zero attached hydrogens (tertiary/aromatic N) is 5. The van der Waals surface area contributed by atoms with E-state index < -0.39 is 17.9 Å². The largest absolute Gasteiger partial charge is 0.423 e. The summed E-state index contributed by atoms with van der Waals surface area (Å²) in [5.74, 6) is -0.700. The Balaban J connectivity index is 1.69. The summed E-state index contributed by atoms with van der Waals surface area (Å²) in [7, 11) is 6.87. The minimum atomic E-state index is -0.581. The van der Waals surface area contributed by atoms with Crippen molar-refractivity contribution in [1.82, 2.24) is 19.6 Å². The van der Waals surface area contributed by atoms with Gasteiger partial charge < -0.3 is 25.5 Å². The topological polar surface area (TPSA) is 128 Å². The molecule has 0 aliphatic rings. The molecule has 1 atom stereocenters. The Bertz CT molecular complexity index is 1570. The number of nitrogens with one attached hydrogen (secondary N) is 1. The number of ether oxygens (including phenoxy) is 1. The molecule has 0 spiro atoms. The predicted molar refractivity (Wildman–Crippen MR) is 156 cm³/mol. The SMILES string of the molecule is C=CC(=O)Nc1cc(Oc2nccc(-c3cn(OC)c4ccccc34)n2)c(Cl)cc1N(C)CC(C(N)=O)N(C)C. The van der Waals surface area contributed by atoms with Crippen LogP contribution in [0.3, 0.4) is 0 Å². The van der Waals surface area contributed by atoms with E-state index in [1.807, 2.05) is 30.5 Å². The van der Waals surface area contributed by atoms with Crippen molar-refractivity contribution < 1.29 is 19.2 Å². The molecule has 4 rings (SSSR count). The Morgan fingerprint density at radius 3 is 2.65 bits per heavy atom. The second-order valence-corrected chi connectivity index (χ2v) is 9.56. The summed E-state index contributed by atoms with van der Waals surface area (Å²) in [6.07, 6.45) is 4.57. The van der Waals surface area contributed by atoms with Crippen LogP contribution >= 0.6 is 11.6 Å². The van der Waals surface area contributed by atoms with Crippen LogP contribution in [0.2, 0.25) is 5.02 Å². The molecular weight excluding hydrogens is 534 g/mol. The first-order valence-corrected chi connectivity index (χ1v) is 12.6. The lowest BCUT2D eigenvalue weighted by molar-refractivity contribution is -0.122. The Labute approximate surface area is 236 Å². The molecule has 0 aliphatic heterocycles. The molecule has 11 nitrogen and oxygen atoms in total. The first-order chi connectivity index (χ1) is 19.1. The summed E-state index contributed by atoms with van der Waals surface area (Å²) in [5.41, 5.74) is 8.84. The zero-order valence-corrected chi connectivity index (χ0v) is 23.3. The number of rotatable bonds is 11. The van der Waals surface area contributed by atoms with E-state index in [1.165, 1.54) is 0 Å². The summed E-state index contributed by atoms with van der Waals surface area (Å²) < 4.78 is 7.65. The van der Waals surface area contributed by atoms with Crippen LogP contribution in [0, 0.1) is 0 Å². The van der Waals surface area contributed by atoms with Crippen molar-refractivity contribution in [3.8, 4) is 23.0 Å². The number of halogens is 1. The Morgan fingerprint density at radius 1 is 1.23 bits per heavy atom. The van der Waals surface area contributed by atoms with Gasteiger partial charge in [-0.15, -0.1) is 0 Å². The van der Waals surface area contributed by atoms with E-state index in [-0.39, 0.29) is 23.3 Å². The molecule has 3 N–H and O–H groups in total. The van der Waals surface area contributed by atoms with Crippen LogP contribution in [-0.2, 0) is 9.59 Å². The Kier molecular flexibility index (Phi) is 8.56. The van der Waals surface area contributed by atoms with Crippen LogP contribution in [0.25, 0.3) is 22.2 Å². The van der Waals surface area contributed by atoms with Crippen LogP contribution in [0.5, 0.6) is 11.8 Å². The fourth-order valence-corrected chi connectivity index (χ4v) is 4.43. The average molecular weight is 564 g/mol. The van der Waals surface area contributed by atoms with E-state index >= 15 is 0 Å². The summed E-state index contributed by atoms with van der Waals surface area (Å²) in [6, 6.07) is 12.2. The standard InChI is InChI=1S/C28H30ClN7O4/c1-6-26(37)32-21-14-25(19(29)13-23(21)35(4)16-24(27(30)38)34(2)3)40-28-31-12-11-20(33-28)18-15-36(39-5)22-10-8-7-9-17(18)22/h6-15,24H,1,16H2,2-5H3,(H2,30,38)(H,32,37). The first-order valence-electron chi connectivity index (χ1n) is 12.2. The number of hydrogen-bond donors (Lipinski definition) is 2. The number of aromatic nitrogens is 3. The average Bonchev–Trinajstić information content (AvgIpc) is 3.31. The highest BCUT2D eigenvalue weighted by Gasteiger charge is 2.23. The number of para-hydroxylation sites is 1. The van der Waals surface area contributed by atoms with Crippen LogP contribution in [0.15, 0.2) is 67.5 Å². The zero-order valence-electron chi connectivity index (χ0n) is 22.6. The van der Waals surface area contributed by atoms with Gasteiger partial charge in [-0.2, -0.15) is 9.71 Å². The van der Waals surface area contributed by atoms with E-state index in [2.05, 4.69) is 21.9 Å². The number of hydrogen-bond acceptors (Lipinski definition) is 8. The quantitative estimate of drug-likeness (QED) is 0.265. The first kappa shape index (κ1) is 28.4. The van der Waals surface area contributed by atoms with Gasteiger partial charge >= 0.3 is 6.01 Å². The van der Waals surface area contributed by atoms with Crippen molar-refractivity contribution in [2.75, 3.05) is 45.0 Å². The second-order valence-electron chi connectivity index (χ2n) is 9.15. The van der Waals surface area contributed by atoms with Gasteiger partial charge in [0.1, 0.15) is 13.2 Å². The Morgan fingerprint density at radius 2 is 1.98 bits per heavy atom. The number of nitrogens with two attached hydrogens (primary N) is 1. The highest BCUT2D eigenvalue weighted by atomic mass is 35.5. The van der Waals surface area contributed by atoms with Crippen molar-refractivity contribution in [1.29, 1.82) is 0 Å². The predicted octanol–water partition coefficient (Wildman–Crippen LogP) is 3.58. The van der Waals surface area contributed by atoms with Gasteiger partial charge in [0.15, 0.2) is 5.75 Å².